The molecule has 0 saturated carbocycles. The van der Waals surface area contributed by atoms with Crippen LogP contribution in [0.5, 0.6) is 0 Å². The molecule has 0 N–H and O–H groups in total. The van der Waals surface area contributed by atoms with Gasteiger partial charge in [0.1, 0.15) is 6.07 Å². The molecule has 0 atom stereocenters. The third kappa shape index (κ3) is 2.22. The highest BCUT2D eigenvalue weighted by molar-refractivity contribution is 6.32. The van der Waals surface area contributed by atoms with Crippen molar-refractivity contribution in [1.82, 2.24) is 4.98 Å². The zero-order valence-corrected chi connectivity index (χ0v) is 10.0. The van der Waals surface area contributed by atoms with E-state index in [0.717, 1.165) is 11.4 Å². The van der Waals surface area contributed by atoms with Crippen molar-refractivity contribution in [3.8, 4) is 6.07 Å². The summed E-state index contributed by atoms with van der Waals surface area (Å²) in [5.41, 5.74) is 2.15. The van der Waals surface area contributed by atoms with Crippen LogP contribution >= 0.6 is 11.6 Å². The lowest BCUT2D eigenvalue weighted by molar-refractivity contribution is 1.17. The molecular weight excluding hydrogens is 234 g/mol. The van der Waals surface area contributed by atoms with Crippen LogP contribution in [0.4, 0.5) is 11.4 Å². The molecule has 17 heavy (non-hydrogen) atoms. The Bertz CT molecular complexity index is 561. The maximum Gasteiger partial charge on any atom is 0.103 e. The molecule has 2 rings (SSSR count). The molecule has 0 aliphatic rings. The first-order valence-electron chi connectivity index (χ1n) is 5.06. The smallest absolute Gasteiger partial charge is 0.103 e. The van der Waals surface area contributed by atoms with Gasteiger partial charge in [0.2, 0.25) is 0 Å². The number of pyridine rings is 1. The van der Waals surface area contributed by atoms with Gasteiger partial charge in [-0.2, -0.15) is 5.26 Å². The van der Waals surface area contributed by atoms with E-state index in [9.17, 15) is 0 Å². The lowest BCUT2D eigenvalue weighted by Crippen LogP contribution is -2.11. The lowest BCUT2D eigenvalue weighted by Gasteiger charge is -2.20. The van der Waals surface area contributed by atoms with Crippen molar-refractivity contribution in [3.63, 3.8) is 0 Å². The van der Waals surface area contributed by atoms with Gasteiger partial charge in [0, 0.05) is 13.2 Å². The standard InChI is InChI=1S/C13H10ClN3/c1-17(10-4-3-7-16-9-10)13-6-2-5-12(14)11(13)8-15/h2-7,9H,1H3. The number of aromatic nitrogens is 1. The molecule has 0 aliphatic heterocycles. The highest BCUT2D eigenvalue weighted by Gasteiger charge is 2.11. The molecule has 0 radical (unpaired) electrons. The van der Waals surface area contributed by atoms with Crippen LogP contribution in [0.2, 0.25) is 5.02 Å². The predicted octanol–water partition coefficient (Wildman–Crippen LogP) is 3.37. The van der Waals surface area contributed by atoms with Gasteiger partial charge in [-0.1, -0.05) is 17.7 Å². The lowest BCUT2D eigenvalue weighted by atomic mass is 10.1. The Hall–Kier alpha value is -2.05. The van der Waals surface area contributed by atoms with Crippen molar-refractivity contribution in [1.29, 1.82) is 5.26 Å². The van der Waals surface area contributed by atoms with Gasteiger partial charge in [0.25, 0.3) is 0 Å². The Balaban J connectivity index is 2.49. The fourth-order valence-corrected chi connectivity index (χ4v) is 1.81. The van der Waals surface area contributed by atoms with Crippen molar-refractivity contribution in [2.75, 3.05) is 11.9 Å². The minimum atomic E-state index is 0.459. The summed E-state index contributed by atoms with van der Waals surface area (Å²) in [6.07, 6.45) is 3.45. The highest BCUT2D eigenvalue weighted by Crippen LogP contribution is 2.30. The predicted molar refractivity (Wildman–Crippen MR) is 68.5 cm³/mol. The van der Waals surface area contributed by atoms with Crippen molar-refractivity contribution < 1.29 is 0 Å². The third-order valence-electron chi connectivity index (χ3n) is 2.50. The van der Waals surface area contributed by atoms with Crippen LogP contribution in [0.1, 0.15) is 5.56 Å². The van der Waals surface area contributed by atoms with E-state index >= 15 is 0 Å². The molecule has 0 aliphatic carbocycles. The number of nitriles is 1. The van der Waals surface area contributed by atoms with Gasteiger partial charge in [-0.25, -0.2) is 0 Å². The molecule has 2 aromatic rings. The minimum absolute atomic E-state index is 0.459. The number of anilines is 2. The summed E-state index contributed by atoms with van der Waals surface area (Å²) in [6, 6.07) is 11.3. The first-order chi connectivity index (χ1) is 8.24. The van der Waals surface area contributed by atoms with E-state index in [1.165, 1.54) is 0 Å². The number of hydrogen-bond acceptors (Lipinski definition) is 3. The van der Waals surface area contributed by atoms with E-state index in [2.05, 4.69) is 11.1 Å². The Labute approximate surface area is 105 Å². The summed E-state index contributed by atoms with van der Waals surface area (Å²) in [5.74, 6) is 0. The third-order valence-corrected chi connectivity index (χ3v) is 2.81. The van der Waals surface area contributed by atoms with Gasteiger partial charge in [-0.05, 0) is 24.3 Å². The summed E-state index contributed by atoms with van der Waals surface area (Å²) in [4.78, 5) is 5.94. The van der Waals surface area contributed by atoms with E-state index in [0.29, 0.717) is 10.6 Å². The minimum Gasteiger partial charge on any atom is -0.342 e. The van der Waals surface area contributed by atoms with Crippen LogP contribution in [0.15, 0.2) is 42.7 Å². The van der Waals surface area contributed by atoms with Crippen LogP contribution in [-0.4, -0.2) is 12.0 Å². The van der Waals surface area contributed by atoms with Gasteiger partial charge in [0.05, 0.1) is 28.2 Å². The molecule has 1 aromatic heterocycles. The Morgan fingerprint density at radius 2 is 2.12 bits per heavy atom. The van der Waals surface area contributed by atoms with Crippen LogP contribution in [-0.2, 0) is 0 Å². The van der Waals surface area contributed by atoms with E-state index in [-0.39, 0.29) is 0 Å². The SMILES string of the molecule is CN(c1cccnc1)c1cccc(Cl)c1C#N. The summed E-state index contributed by atoms with van der Waals surface area (Å²) >= 11 is 6.00. The van der Waals surface area contributed by atoms with Gasteiger partial charge < -0.3 is 4.90 Å². The van der Waals surface area contributed by atoms with Gasteiger partial charge in [0.15, 0.2) is 0 Å². The molecule has 4 heteroatoms. The number of benzene rings is 1. The van der Waals surface area contributed by atoms with E-state index < -0.39 is 0 Å². The second-order valence-electron chi connectivity index (χ2n) is 3.52. The number of nitrogens with zero attached hydrogens (tertiary/aromatic N) is 3. The molecule has 1 aromatic carbocycles. The van der Waals surface area contributed by atoms with Gasteiger partial charge in [-0.3, -0.25) is 4.98 Å². The van der Waals surface area contributed by atoms with E-state index in [4.69, 9.17) is 16.9 Å². The maximum atomic E-state index is 9.12. The molecule has 0 fully saturated rings. The number of halogens is 1. The summed E-state index contributed by atoms with van der Waals surface area (Å²) < 4.78 is 0. The van der Waals surface area contributed by atoms with Crippen LogP contribution in [0, 0.1) is 11.3 Å². The van der Waals surface area contributed by atoms with Crippen molar-refractivity contribution >= 4 is 23.0 Å². The molecule has 84 valence electrons. The largest absolute Gasteiger partial charge is 0.342 e. The molecule has 3 nitrogen and oxygen atoms in total. The second kappa shape index (κ2) is 4.86. The zero-order chi connectivity index (χ0) is 12.3. The van der Waals surface area contributed by atoms with Crippen molar-refractivity contribution in [3.05, 3.63) is 53.3 Å². The monoisotopic (exact) mass is 243 g/mol. The topological polar surface area (TPSA) is 39.9 Å². The number of hydrogen-bond donors (Lipinski definition) is 0. The maximum absolute atomic E-state index is 9.12. The molecule has 0 saturated heterocycles. The van der Waals surface area contributed by atoms with Crippen LogP contribution < -0.4 is 4.90 Å². The average molecular weight is 244 g/mol. The normalized spacial score (nSPS) is 9.71. The second-order valence-corrected chi connectivity index (χ2v) is 3.92. The Kier molecular flexibility index (Phi) is 3.27. The molecule has 0 bridgehead atoms. The highest BCUT2D eigenvalue weighted by atomic mass is 35.5. The van der Waals surface area contributed by atoms with Gasteiger partial charge in [-0.15, -0.1) is 0 Å². The average Bonchev–Trinajstić information content (AvgIpc) is 2.38. The van der Waals surface area contributed by atoms with Crippen LogP contribution in [0.25, 0.3) is 0 Å². The van der Waals surface area contributed by atoms with Crippen molar-refractivity contribution in [2.24, 2.45) is 0 Å². The first kappa shape index (κ1) is 11.4. The summed E-state index contributed by atoms with van der Waals surface area (Å²) in [7, 11) is 1.88. The molecule has 1 heterocycles. The van der Waals surface area contributed by atoms with Crippen LogP contribution in [0.3, 0.4) is 0 Å². The van der Waals surface area contributed by atoms with Gasteiger partial charge >= 0.3 is 0 Å². The van der Waals surface area contributed by atoms with E-state index in [1.807, 2.05) is 36.2 Å². The quantitative estimate of drug-likeness (QED) is 0.812. The first-order valence-corrected chi connectivity index (χ1v) is 5.44. The Morgan fingerprint density at radius 3 is 2.76 bits per heavy atom. The fraction of sp³-hybridized carbons (Fsp3) is 0.0769. The Morgan fingerprint density at radius 1 is 1.29 bits per heavy atom. The molecular formula is C13H10ClN3. The van der Waals surface area contributed by atoms with E-state index in [1.54, 1.807) is 18.5 Å². The fourth-order valence-electron chi connectivity index (χ4n) is 1.59. The summed E-state index contributed by atoms with van der Waals surface area (Å²) in [6.45, 7) is 0. The number of rotatable bonds is 2. The van der Waals surface area contributed by atoms with Crippen molar-refractivity contribution in [2.45, 2.75) is 0 Å². The molecule has 0 amide bonds. The zero-order valence-electron chi connectivity index (χ0n) is 9.26. The summed E-state index contributed by atoms with van der Waals surface area (Å²) in [5, 5.41) is 9.58. The molecule has 0 spiro atoms. The molecule has 0 unspecified atom stereocenters.